The largest absolute Gasteiger partial charge is 0.0710 e. The van der Waals surface area contributed by atoms with Crippen molar-refractivity contribution in [3.05, 3.63) is 11.1 Å². The summed E-state index contributed by atoms with van der Waals surface area (Å²) in [5, 5.41) is 0. The van der Waals surface area contributed by atoms with Crippen molar-refractivity contribution in [1.82, 2.24) is 0 Å². The SMILES string of the molecule is CCCC/C1=C(\CCCC)CCCCCCCC1. The van der Waals surface area contributed by atoms with Gasteiger partial charge in [0.25, 0.3) is 0 Å². The van der Waals surface area contributed by atoms with Gasteiger partial charge in [-0.1, -0.05) is 63.5 Å². The quantitative estimate of drug-likeness (QED) is 0.455. The molecule has 0 radical (unpaired) electrons. The number of hydrogen-bond acceptors (Lipinski definition) is 0. The molecule has 0 heterocycles. The summed E-state index contributed by atoms with van der Waals surface area (Å²) < 4.78 is 0. The fourth-order valence-electron chi connectivity index (χ4n) is 3.12. The predicted octanol–water partition coefficient (Wildman–Crippen LogP) is 6.80. The van der Waals surface area contributed by atoms with Gasteiger partial charge in [-0.3, -0.25) is 0 Å². The molecule has 0 N–H and O–H groups in total. The van der Waals surface area contributed by atoms with Gasteiger partial charge in [-0.05, 0) is 51.4 Å². The fourth-order valence-corrected chi connectivity index (χ4v) is 3.12. The summed E-state index contributed by atoms with van der Waals surface area (Å²) in [5.74, 6) is 0. The first-order chi connectivity index (χ1) is 8.88. The van der Waals surface area contributed by atoms with E-state index in [1.807, 2.05) is 11.1 Å². The minimum absolute atomic E-state index is 1.35. The average molecular weight is 250 g/mol. The molecule has 0 unspecified atom stereocenters. The Morgan fingerprint density at radius 2 is 1.00 bits per heavy atom. The Hall–Kier alpha value is -0.260. The molecule has 0 saturated heterocycles. The molecule has 0 atom stereocenters. The maximum atomic E-state index is 2.33. The van der Waals surface area contributed by atoms with Crippen molar-refractivity contribution in [2.75, 3.05) is 0 Å². The molecule has 0 aromatic rings. The van der Waals surface area contributed by atoms with Crippen molar-refractivity contribution in [1.29, 1.82) is 0 Å². The third-order valence-corrected chi connectivity index (χ3v) is 4.37. The van der Waals surface area contributed by atoms with Crippen molar-refractivity contribution in [2.45, 2.75) is 104 Å². The van der Waals surface area contributed by atoms with Crippen LogP contribution in [0, 0.1) is 0 Å². The van der Waals surface area contributed by atoms with Crippen LogP contribution in [0.15, 0.2) is 11.1 Å². The lowest BCUT2D eigenvalue weighted by atomic mass is 9.89. The number of allylic oxidation sites excluding steroid dienone is 2. The molecule has 1 rings (SSSR count). The molecule has 0 heteroatoms. The molecular weight excluding hydrogens is 216 g/mol. The summed E-state index contributed by atoms with van der Waals surface area (Å²) in [6, 6.07) is 0. The van der Waals surface area contributed by atoms with Gasteiger partial charge >= 0.3 is 0 Å². The lowest BCUT2D eigenvalue weighted by Gasteiger charge is -2.17. The number of hydrogen-bond donors (Lipinski definition) is 0. The van der Waals surface area contributed by atoms with Crippen LogP contribution in [0.5, 0.6) is 0 Å². The maximum Gasteiger partial charge on any atom is -0.0318 e. The first-order valence-corrected chi connectivity index (χ1v) is 8.58. The summed E-state index contributed by atoms with van der Waals surface area (Å²) >= 11 is 0. The second-order valence-electron chi connectivity index (χ2n) is 6.04. The molecule has 0 fully saturated rings. The molecule has 0 spiro atoms. The van der Waals surface area contributed by atoms with E-state index in [4.69, 9.17) is 0 Å². The summed E-state index contributed by atoms with van der Waals surface area (Å²) in [7, 11) is 0. The molecule has 0 nitrogen and oxygen atoms in total. The van der Waals surface area contributed by atoms with Crippen LogP contribution in [-0.4, -0.2) is 0 Å². The topological polar surface area (TPSA) is 0 Å². The minimum Gasteiger partial charge on any atom is -0.0710 e. The predicted molar refractivity (Wildman–Crippen MR) is 83.0 cm³/mol. The van der Waals surface area contributed by atoms with Crippen molar-refractivity contribution >= 4 is 0 Å². The second-order valence-corrected chi connectivity index (χ2v) is 6.04. The van der Waals surface area contributed by atoms with Gasteiger partial charge in [-0.15, -0.1) is 0 Å². The highest BCUT2D eigenvalue weighted by Crippen LogP contribution is 2.28. The summed E-state index contributed by atoms with van der Waals surface area (Å²) in [5.41, 5.74) is 3.74. The molecule has 1 aliphatic rings. The molecule has 0 aromatic heterocycles. The zero-order chi connectivity index (χ0) is 13.1. The summed E-state index contributed by atoms with van der Waals surface area (Å²) in [6.45, 7) is 4.65. The molecule has 0 saturated carbocycles. The third-order valence-electron chi connectivity index (χ3n) is 4.37. The van der Waals surface area contributed by atoms with Gasteiger partial charge in [-0.25, -0.2) is 0 Å². The van der Waals surface area contributed by atoms with Crippen molar-refractivity contribution in [2.24, 2.45) is 0 Å². The van der Waals surface area contributed by atoms with Gasteiger partial charge in [0.15, 0.2) is 0 Å². The smallest absolute Gasteiger partial charge is 0.0318 e. The van der Waals surface area contributed by atoms with E-state index in [-0.39, 0.29) is 0 Å². The van der Waals surface area contributed by atoms with Crippen molar-refractivity contribution < 1.29 is 0 Å². The van der Waals surface area contributed by atoms with E-state index in [2.05, 4.69) is 13.8 Å². The first kappa shape index (κ1) is 15.8. The van der Waals surface area contributed by atoms with Gasteiger partial charge in [0.2, 0.25) is 0 Å². The third kappa shape index (κ3) is 6.61. The van der Waals surface area contributed by atoms with Crippen LogP contribution >= 0.6 is 0 Å². The molecule has 0 aliphatic heterocycles. The van der Waals surface area contributed by atoms with Crippen LogP contribution in [0.1, 0.15) is 104 Å². The van der Waals surface area contributed by atoms with Gasteiger partial charge < -0.3 is 0 Å². The Balaban J connectivity index is 2.63. The van der Waals surface area contributed by atoms with E-state index in [1.54, 1.807) is 0 Å². The van der Waals surface area contributed by atoms with E-state index in [1.165, 1.54) is 89.9 Å². The van der Waals surface area contributed by atoms with Gasteiger partial charge in [0.1, 0.15) is 0 Å². The Bertz CT molecular complexity index is 200. The van der Waals surface area contributed by atoms with Crippen molar-refractivity contribution in [3.8, 4) is 0 Å². The van der Waals surface area contributed by atoms with Gasteiger partial charge in [0.05, 0.1) is 0 Å². The number of rotatable bonds is 6. The summed E-state index contributed by atoms with van der Waals surface area (Å²) in [6.07, 6.45) is 19.9. The monoisotopic (exact) mass is 250 g/mol. The highest BCUT2D eigenvalue weighted by atomic mass is 14.1. The Kier molecular flexibility index (Phi) is 9.34. The van der Waals surface area contributed by atoms with E-state index in [0.717, 1.165) is 0 Å². The first-order valence-electron chi connectivity index (χ1n) is 8.58. The Labute approximate surface area is 115 Å². The van der Waals surface area contributed by atoms with E-state index < -0.39 is 0 Å². The van der Waals surface area contributed by atoms with E-state index >= 15 is 0 Å². The normalized spacial score (nSPS) is 23.0. The lowest BCUT2D eigenvalue weighted by Crippen LogP contribution is -1.97. The van der Waals surface area contributed by atoms with Gasteiger partial charge in [0, 0.05) is 0 Å². The molecule has 0 aromatic carbocycles. The van der Waals surface area contributed by atoms with E-state index in [9.17, 15) is 0 Å². The summed E-state index contributed by atoms with van der Waals surface area (Å²) in [4.78, 5) is 0. The molecule has 106 valence electrons. The molecular formula is C18H34. The van der Waals surface area contributed by atoms with Crippen LogP contribution in [0.2, 0.25) is 0 Å². The average Bonchev–Trinajstić information content (AvgIpc) is 2.40. The second kappa shape index (κ2) is 10.6. The maximum absolute atomic E-state index is 2.33. The van der Waals surface area contributed by atoms with E-state index in [0.29, 0.717) is 0 Å². The highest BCUT2D eigenvalue weighted by molar-refractivity contribution is 5.15. The fraction of sp³-hybridized carbons (Fsp3) is 0.889. The zero-order valence-corrected chi connectivity index (χ0v) is 12.9. The van der Waals surface area contributed by atoms with Crippen LogP contribution in [0.25, 0.3) is 0 Å². The molecule has 18 heavy (non-hydrogen) atoms. The minimum atomic E-state index is 1.35. The Morgan fingerprint density at radius 3 is 1.39 bits per heavy atom. The zero-order valence-electron chi connectivity index (χ0n) is 12.9. The molecule has 1 aliphatic carbocycles. The Morgan fingerprint density at radius 1 is 0.611 bits per heavy atom. The standard InChI is InChI=1S/C18H34/c1-3-5-13-17-15-11-9-7-8-10-12-16-18(17)14-6-4-2/h3-16H2,1-2H3/b18-17-. The van der Waals surface area contributed by atoms with Crippen LogP contribution in [0.4, 0.5) is 0 Å². The van der Waals surface area contributed by atoms with Crippen LogP contribution in [0.3, 0.4) is 0 Å². The van der Waals surface area contributed by atoms with Crippen LogP contribution < -0.4 is 0 Å². The lowest BCUT2D eigenvalue weighted by molar-refractivity contribution is 0.558. The molecule has 0 amide bonds. The highest BCUT2D eigenvalue weighted by Gasteiger charge is 2.08. The number of unbranched alkanes of at least 4 members (excludes halogenated alkanes) is 2. The van der Waals surface area contributed by atoms with Crippen LogP contribution in [-0.2, 0) is 0 Å². The van der Waals surface area contributed by atoms with Gasteiger partial charge in [-0.2, -0.15) is 0 Å². The van der Waals surface area contributed by atoms with Crippen molar-refractivity contribution in [3.63, 3.8) is 0 Å². The molecule has 0 bridgehead atoms.